The van der Waals surface area contributed by atoms with E-state index in [4.69, 9.17) is 15.2 Å². The number of ether oxygens (including phenoxy) is 2. The maximum atomic E-state index is 6.16. The first-order chi connectivity index (χ1) is 8.38. The van der Waals surface area contributed by atoms with Crippen molar-refractivity contribution in [3.63, 3.8) is 0 Å². The zero-order valence-electron chi connectivity index (χ0n) is 12.1. The van der Waals surface area contributed by atoms with Crippen molar-refractivity contribution in [2.45, 2.75) is 46.3 Å². The van der Waals surface area contributed by atoms with Crippen LogP contribution in [-0.4, -0.2) is 19.3 Å². The van der Waals surface area contributed by atoms with Crippen molar-refractivity contribution in [1.82, 2.24) is 0 Å². The summed E-state index contributed by atoms with van der Waals surface area (Å²) in [6.07, 6.45) is 0.897. The molecule has 2 N–H and O–H groups in total. The molecule has 0 spiro atoms. The van der Waals surface area contributed by atoms with Gasteiger partial charge in [-0.25, -0.2) is 0 Å². The van der Waals surface area contributed by atoms with Crippen molar-refractivity contribution in [2.24, 2.45) is 11.1 Å². The molecule has 0 saturated carbocycles. The summed E-state index contributed by atoms with van der Waals surface area (Å²) in [5.74, 6) is 1.66. The largest absolute Gasteiger partial charge is 0.497 e. The molecule has 0 bridgehead atoms. The van der Waals surface area contributed by atoms with Gasteiger partial charge in [0.05, 0.1) is 7.11 Å². The van der Waals surface area contributed by atoms with Crippen molar-refractivity contribution in [1.29, 1.82) is 0 Å². The van der Waals surface area contributed by atoms with Gasteiger partial charge < -0.3 is 15.2 Å². The van der Waals surface area contributed by atoms with E-state index in [1.54, 1.807) is 7.11 Å². The van der Waals surface area contributed by atoms with Gasteiger partial charge in [-0.1, -0.05) is 27.7 Å². The lowest BCUT2D eigenvalue weighted by Gasteiger charge is -2.35. The molecule has 0 aliphatic rings. The molecule has 0 heterocycles. The summed E-state index contributed by atoms with van der Waals surface area (Å²) in [6, 6.07) is 7.66. The highest BCUT2D eigenvalue weighted by atomic mass is 16.5. The molecular weight excluding hydrogens is 226 g/mol. The zero-order valence-corrected chi connectivity index (χ0v) is 12.1. The third kappa shape index (κ3) is 3.91. The lowest BCUT2D eigenvalue weighted by atomic mass is 9.84. The molecule has 3 heteroatoms. The van der Waals surface area contributed by atoms with Crippen molar-refractivity contribution < 1.29 is 9.47 Å². The average molecular weight is 251 g/mol. The molecule has 1 aromatic carbocycles. The van der Waals surface area contributed by atoms with Crippen LogP contribution in [-0.2, 0) is 0 Å². The van der Waals surface area contributed by atoms with Crippen molar-refractivity contribution >= 4 is 0 Å². The van der Waals surface area contributed by atoms with Gasteiger partial charge in [0.25, 0.3) is 0 Å². The maximum Gasteiger partial charge on any atom is 0.120 e. The summed E-state index contributed by atoms with van der Waals surface area (Å²) in [7, 11) is 1.65. The molecule has 18 heavy (non-hydrogen) atoms. The van der Waals surface area contributed by atoms with E-state index in [0.717, 1.165) is 17.9 Å². The van der Waals surface area contributed by atoms with Crippen LogP contribution < -0.4 is 15.2 Å². The van der Waals surface area contributed by atoms with E-state index < -0.39 is 0 Å². The summed E-state index contributed by atoms with van der Waals surface area (Å²) < 4.78 is 11.2. The van der Waals surface area contributed by atoms with Gasteiger partial charge in [0.2, 0.25) is 0 Å². The first-order valence-electron chi connectivity index (χ1n) is 6.44. The molecule has 0 aliphatic heterocycles. The molecule has 0 aromatic heterocycles. The van der Waals surface area contributed by atoms with Gasteiger partial charge in [-0.3, -0.25) is 0 Å². The van der Waals surface area contributed by atoms with Crippen LogP contribution in [0, 0.1) is 5.41 Å². The molecule has 1 rings (SSSR count). The first kappa shape index (κ1) is 14.8. The molecule has 0 fully saturated rings. The fraction of sp³-hybridized carbons (Fsp3) is 0.600. The Morgan fingerprint density at radius 2 is 1.61 bits per heavy atom. The number of benzene rings is 1. The lowest BCUT2D eigenvalue weighted by Crippen LogP contribution is -2.47. The van der Waals surface area contributed by atoms with E-state index in [9.17, 15) is 0 Å². The standard InChI is InChI=1S/C15H25NO2/c1-6-13(16)14(15(2,3)4)18-12-9-7-11(17-5)8-10-12/h7-10,13-14H,6,16H2,1-5H3. The SMILES string of the molecule is CCC(N)C(Oc1ccc(OC)cc1)C(C)(C)C. The second-order valence-electron chi connectivity index (χ2n) is 5.65. The lowest BCUT2D eigenvalue weighted by molar-refractivity contribution is 0.0621. The number of rotatable bonds is 5. The number of hydrogen-bond donors (Lipinski definition) is 1. The van der Waals surface area contributed by atoms with E-state index in [1.807, 2.05) is 24.3 Å². The Labute approximate surface area is 110 Å². The fourth-order valence-corrected chi connectivity index (χ4v) is 1.92. The molecule has 0 amide bonds. The summed E-state index contributed by atoms with van der Waals surface area (Å²) in [5.41, 5.74) is 6.17. The second-order valence-corrected chi connectivity index (χ2v) is 5.65. The monoisotopic (exact) mass is 251 g/mol. The van der Waals surface area contributed by atoms with Gasteiger partial charge in [-0.2, -0.15) is 0 Å². The van der Waals surface area contributed by atoms with Gasteiger partial charge in [0.1, 0.15) is 17.6 Å². The Balaban J connectivity index is 2.82. The molecule has 3 nitrogen and oxygen atoms in total. The molecule has 0 aliphatic carbocycles. The number of nitrogens with two attached hydrogens (primary N) is 1. The predicted octanol–water partition coefficient (Wildman–Crippen LogP) is 3.23. The van der Waals surface area contributed by atoms with Crippen molar-refractivity contribution in [3.05, 3.63) is 24.3 Å². The Morgan fingerprint density at radius 1 is 1.11 bits per heavy atom. The molecule has 2 atom stereocenters. The summed E-state index contributed by atoms with van der Waals surface area (Å²) >= 11 is 0. The quantitative estimate of drug-likeness (QED) is 0.873. The van der Waals surface area contributed by atoms with Crippen LogP contribution in [0.4, 0.5) is 0 Å². The van der Waals surface area contributed by atoms with Crippen LogP contribution in [0.5, 0.6) is 11.5 Å². The average Bonchev–Trinajstić information content (AvgIpc) is 2.34. The minimum atomic E-state index is -0.00380. The molecule has 102 valence electrons. The highest BCUT2D eigenvalue weighted by Gasteiger charge is 2.31. The van der Waals surface area contributed by atoms with Crippen LogP contribution >= 0.6 is 0 Å². The van der Waals surface area contributed by atoms with Crippen LogP contribution in [0.15, 0.2) is 24.3 Å². The smallest absolute Gasteiger partial charge is 0.120 e. The zero-order chi connectivity index (χ0) is 13.8. The normalized spacial score (nSPS) is 15.0. The third-order valence-corrected chi connectivity index (χ3v) is 3.04. The highest BCUT2D eigenvalue weighted by molar-refractivity contribution is 5.31. The topological polar surface area (TPSA) is 44.5 Å². The van der Waals surface area contributed by atoms with Gasteiger partial charge in [-0.05, 0) is 30.7 Å². The van der Waals surface area contributed by atoms with Gasteiger partial charge in [-0.15, -0.1) is 0 Å². The molecule has 2 unspecified atom stereocenters. The predicted molar refractivity (Wildman–Crippen MR) is 75.1 cm³/mol. The van der Waals surface area contributed by atoms with Gasteiger partial charge >= 0.3 is 0 Å². The van der Waals surface area contributed by atoms with Crippen molar-refractivity contribution in [3.8, 4) is 11.5 Å². The fourth-order valence-electron chi connectivity index (χ4n) is 1.92. The molecule has 0 saturated heterocycles. The van der Waals surface area contributed by atoms with E-state index in [0.29, 0.717) is 0 Å². The van der Waals surface area contributed by atoms with Gasteiger partial charge in [0.15, 0.2) is 0 Å². The van der Waals surface area contributed by atoms with Crippen LogP contribution in [0.25, 0.3) is 0 Å². The maximum absolute atomic E-state index is 6.16. The Hall–Kier alpha value is -1.22. The minimum absolute atomic E-state index is 0.00380. The Morgan fingerprint density at radius 3 is 2.00 bits per heavy atom. The van der Waals surface area contributed by atoms with E-state index >= 15 is 0 Å². The van der Waals surface area contributed by atoms with Crippen LogP contribution in [0.2, 0.25) is 0 Å². The number of hydrogen-bond acceptors (Lipinski definition) is 3. The highest BCUT2D eigenvalue weighted by Crippen LogP contribution is 2.28. The molecule has 0 radical (unpaired) electrons. The van der Waals surface area contributed by atoms with E-state index in [-0.39, 0.29) is 17.6 Å². The minimum Gasteiger partial charge on any atom is -0.497 e. The van der Waals surface area contributed by atoms with Crippen molar-refractivity contribution in [2.75, 3.05) is 7.11 Å². The van der Waals surface area contributed by atoms with Crippen LogP contribution in [0.1, 0.15) is 34.1 Å². The first-order valence-corrected chi connectivity index (χ1v) is 6.44. The Kier molecular flexibility index (Phi) is 5.03. The second kappa shape index (κ2) is 6.10. The third-order valence-electron chi connectivity index (χ3n) is 3.04. The van der Waals surface area contributed by atoms with E-state index in [2.05, 4.69) is 27.7 Å². The molecular formula is C15H25NO2. The number of methoxy groups -OCH3 is 1. The summed E-state index contributed by atoms with van der Waals surface area (Å²) in [6.45, 7) is 8.53. The summed E-state index contributed by atoms with van der Waals surface area (Å²) in [4.78, 5) is 0. The molecule has 1 aromatic rings. The van der Waals surface area contributed by atoms with E-state index in [1.165, 1.54) is 0 Å². The van der Waals surface area contributed by atoms with Crippen LogP contribution in [0.3, 0.4) is 0 Å². The Bertz CT molecular complexity index is 354. The van der Waals surface area contributed by atoms with Gasteiger partial charge in [0, 0.05) is 11.5 Å². The summed E-state index contributed by atoms with van der Waals surface area (Å²) in [5, 5.41) is 0.